The topological polar surface area (TPSA) is 82.5 Å². The lowest BCUT2D eigenvalue weighted by Gasteiger charge is -2.29. The highest BCUT2D eigenvalue weighted by atomic mass is 16.2. The van der Waals surface area contributed by atoms with E-state index in [4.69, 9.17) is 0 Å². The van der Waals surface area contributed by atoms with Crippen molar-refractivity contribution in [2.45, 2.75) is 12.8 Å². The SMILES string of the molecule is CN1CCCC(CNC(=O)c2cc3[nH]c(=O)c4ccccc4n3n2)C1. The van der Waals surface area contributed by atoms with Gasteiger partial charge in [-0.05, 0) is 44.5 Å². The van der Waals surface area contributed by atoms with Crippen molar-refractivity contribution >= 4 is 22.5 Å². The van der Waals surface area contributed by atoms with E-state index in [9.17, 15) is 9.59 Å². The fraction of sp³-hybridized carbons (Fsp3) is 0.389. The van der Waals surface area contributed by atoms with Gasteiger partial charge in [0.05, 0.1) is 10.9 Å². The number of nitrogens with zero attached hydrogens (tertiary/aromatic N) is 3. The molecule has 0 radical (unpaired) electrons. The van der Waals surface area contributed by atoms with Crippen LogP contribution in [0.5, 0.6) is 0 Å². The molecule has 1 amide bonds. The fourth-order valence-electron chi connectivity index (χ4n) is 3.57. The molecular formula is C18H21N5O2. The zero-order valence-corrected chi connectivity index (χ0v) is 14.2. The maximum absolute atomic E-state index is 12.5. The van der Waals surface area contributed by atoms with Crippen molar-refractivity contribution in [2.24, 2.45) is 5.92 Å². The molecule has 1 aliphatic rings. The Morgan fingerprint density at radius 1 is 1.40 bits per heavy atom. The van der Waals surface area contributed by atoms with Crippen LogP contribution in [0.2, 0.25) is 0 Å². The molecule has 7 nitrogen and oxygen atoms in total. The number of aromatic nitrogens is 3. The van der Waals surface area contributed by atoms with Crippen molar-refractivity contribution in [2.75, 3.05) is 26.7 Å². The third-order valence-electron chi connectivity index (χ3n) is 4.83. The van der Waals surface area contributed by atoms with Gasteiger partial charge in [0.25, 0.3) is 11.5 Å². The summed E-state index contributed by atoms with van der Waals surface area (Å²) in [7, 11) is 2.11. The van der Waals surface area contributed by atoms with Gasteiger partial charge in [0.2, 0.25) is 0 Å². The molecule has 1 aliphatic heterocycles. The molecule has 2 aromatic heterocycles. The summed E-state index contributed by atoms with van der Waals surface area (Å²) < 4.78 is 1.61. The van der Waals surface area contributed by atoms with E-state index in [1.807, 2.05) is 18.2 Å². The van der Waals surface area contributed by atoms with Gasteiger partial charge in [-0.25, -0.2) is 4.52 Å². The predicted molar refractivity (Wildman–Crippen MR) is 95.9 cm³/mol. The molecule has 3 aromatic rings. The number of piperidine rings is 1. The van der Waals surface area contributed by atoms with Crippen LogP contribution in [0, 0.1) is 5.92 Å². The summed E-state index contributed by atoms with van der Waals surface area (Å²) in [6.45, 7) is 2.77. The molecule has 1 fully saturated rings. The molecule has 1 saturated heterocycles. The average molecular weight is 339 g/mol. The monoisotopic (exact) mass is 339 g/mol. The lowest BCUT2D eigenvalue weighted by molar-refractivity contribution is 0.0931. The van der Waals surface area contributed by atoms with Crippen molar-refractivity contribution in [3.63, 3.8) is 0 Å². The summed E-state index contributed by atoms with van der Waals surface area (Å²) in [6.07, 6.45) is 2.30. The van der Waals surface area contributed by atoms with Gasteiger partial charge in [-0.3, -0.25) is 9.59 Å². The van der Waals surface area contributed by atoms with E-state index < -0.39 is 0 Å². The Hall–Kier alpha value is -2.67. The maximum atomic E-state index is 12.5. The highest BCUT2D eigenvalue weighted by Crippen LogP contribution is 2.15. The van der Waals surface area contributed by atoms with Gasteiger partial charge in [0.15, 0.2) is 5.69 Å². The van der Waals surface area contributed by atoms with E-state index in [0.29, 0.717) is 34.7 Å². The number of H-pyrrole nitrogens is 1. The molecular weight excluding hydrogens is 318 g/mol. The second-order valence-electron chi connectivity index (χ2n) is 6.78. The zero-order chi connectivity index (χ0) is 17.4. The Balaban J connectivity index is 1.58. The molecule has 0 saturated carbocycles. The zero-order valence-electron chi connectivity index (χ0n) is 14.2. The molecule has 1 unspecified atom stereocenters. The number of carbonyl (C=O) groups is 1. The molecule has 0 bridgehead atoms. The van der Waals surface area contributed by atoms with Crippen molar-refractivity contribution in [1.82, 2.24) is 24.8 Å². The number of hydrogen-bond acceptors (Lipinski definition) is 4. The number of likely N-dealkylation sites (tertiary alicyclic amines) is 1. The Kier molecular flexibility index (Phi) is 4.01. The van der Waals surface area contributed by atoms with Gasteiger partial charge in [-0.1, -0.05) is 12.1 Å². The summed E-state index contributed by atoms with van der Waals surface area (Å²) in [5.74, 6) is 0.266. The Labute approximate surface area is 144 Å². The first-order chi connectivity index (χ1) is 12.1. The molecule has 7 heteroatoms. The van der Waals surface area contributed by atoms with E-state index in [-0.39, 0.29) is 11.5 Å². The van der Waals surface area contributed by atoms with Crippen LogP contribution < -0.4 is 10.9 Å². The quantitative estimate of drug-likeness (QED) is 0.752. The van der Waals surface area contributed by atoms with E-state index in [1.54, 1.807) is 16.6 Å². The Morgan fingerprint density at radius 2 is 2.24 bits per heavy atom. The number of rotatable bonds is 3. The van der Waals surface area contributed by atoms with E-state index in [2.05, 4.69) is 27.3 Å². The van der Waals surface area contributed by atoms with Gasteiger partial charge >= 0.3 is 0 Å². The summed E-state index contributed by atoms with van der Waals surface area (Å²) >= 11 is 0. The number of carbonyl (C=O) groups excluding carboxylic acids is 1. The highest BCUT2D eigenvalue weighted by molar-refractivity contribution is 5.94. The fourth-order valence-corrected chi connectivity index (χ4v) is 3.57. The van der Waals surface area contributed by atoms with Crippen LogP contribution >= 0.6 is 0 Å². The van der Waals surface area contributed by atoms with Crippen LogP contribution in [0.25, 0.3) is 16.6 Å². The first kappa shape index (κ1) is 15.8. The van der Waals surface area contributed by atoms with Crippen LogP contribution in [0.15, 0.2) is 35.1 Å². The van der Waals surface area contributed by atoms with Crippen LogP contribution in [-0.4, -0.2) is 52.1 Å². The Bertz CT molecular complexity index is 990. The summed E-state index contributed by atoms with van der Waals surface area (Å²) in [5.41, 5.74) is 1.34. The predicted octanol–water partition coefficient (Wildman–Crippen LogP) is 1.25. The molecule has 25 heavy (non-hydrogen) atoms. The standard InChI is InChI=1S/C18H21N5O2/c1-22-8-4-5-12(11-22)10-19-18(25)14-9-16-20-17(24)13-6-2-3-7-15(13)23(16)21-14/h2-3,6-7,9,12H,4-5,8,10-11H2,1H3,(H,19,25)(H,20,24). The van der Waals surface area contributed by atoms with Gasteiger partial charge < -0.3 is 15.2 Å². The Morgan fingerprint density at radius 3 is 3.08 bits per heavy atom. The minimum Gasteiger partial charge on any atom is -0.350 e. The molecule has 4 rings (SSSR count). The summed E-state index contributed by atoms with van der Waals surface area (Å²) in [4.78, 5) is 29.7. The molecule has 2 N–H and O–H groups in total. The largest absolute Gasteiger partial charge is 0.350 e. The van der Waals surface area contributed by atoms with Crippen LogP contribution in [0.4, 0.5) is 0 Å². The van der Waals surface area contributed by atoms with Crippen LogP contribution in [0.3, 0.4) is 0 Å². The number of amides is 1. The third-order valence-corrected chi connectivity index (χ3v) is 4.83. The van der Waals surface area contributed by atoms with E-state index in [1.165, 1.54) is 6.42 Å². The average Bonchev–Trinajstić information content (AvgIpc) is 3.04. The lowest BCUT2D eigenvalue weighted by atomic mass is 9.98. The van der Waals surface area contributed by atoms with Crippen LogP contribution in [-0.2, 0) is 0 Å². The van der Waals surface area contributed by atoms with Crippen molar-refractivity contribution in [3.05, 3.63) is 46.4 Å². The molecule has 130 valence electrons. The second kappa shape index (κ2) is 6.33. The molecule has 0 aliphatic carbocycles. The van der Waals surface area contributed by atoms with Gasteiger partial charge in [-0.15, -0.1) is 0 Å². The summed E-state index contributed by atoms with van der Waals surface area (Å²) in [6, 6.07) is 8.85. The van der Waals surface area contributed by atoms with Crippen molar-refractivity contribution < 1.29 is 4.79 Å². The highest BCUT2D eigenvalue weighted by Gasteiger charge is 2.19. The second-order valence-corrected chi connectivity index (χ2v) is 6.78. The molecule has 1 aromatic carbocycles. The number of benzene rings is 1. The first-order valence-electron chi connectivity index (χ1n) is 8.59. The number of para-hydroxylation sites is 1. The van der Waals surface area contributed by atoms with Gasteiger partial charge in [0, 0.05) is 19.2 Å². The maximum Gasteiger partial charge on any atom is 0.271 e. The normalized spacial score (nSPS) is 18.7. The van der Waals surface area contributed by atoms with Crippen molar-refractivity contribution in [1.29, 1.82) is 0 Å². The minimum atomic E-state index is -0.207. The molecule has 0 spiro atoms. The molecule has 3 heterocycles. The van der Waals surface area contributed by atoms with Gasteiger partial charge in [-0.2, -0.15) is 5.10 Å². The number of hydrogen-bond donors (Lipinski definition) is 2. The number of nitrogens with one attached hydrogen (secondary N) is 2. The number of fused-ring (bicyclic) bond motifs is 3. The van der Waals surface area contributed by atoms with Gasteiger partial charge in [0.1, 0.15) is 5.65 Å². The van der Waals surface area contributed by atoms with Crippen molar-refractivity contribution in [3.8, 4) is 0 Å². The van der Waals surface area contributed by atoms with E-state index >= 15 is 0 Å². The number of aromatic amines is 1. The lowest BCUT2D eigenvalue weighted by Crippen LogP contribution is -2.39. The minimum absolute atomic E-state index is 0.180. The smallest absolute Gasteiger partial charge is 0.271 e. The first-order valence-corrected chi connectivity index (χ1v) is 8.59. The molecule has 1 atom stereocenters. The summed E-state index contributed by atoms with van der Waals surface area (Å²) in [5, 5.41) is 7.92. The van der Waals surface area contributed by atoms with E-state index in [0.717, 1.165) is 19.5 Å². The third kappa shape index (κ3) is 3.02. The van der Waals surface area contributed by atoms with Crippen LogP contribution in [0.1, 0.15) is 23.3 Å².